The van der Waals surface area contributed by atoms with Gasteiger partial charge in [0.25, 0.3) is 0 Å². The highest BCUT2D eigenvalue weighted by molar-refractivity contribution is 5.90. The van der Waals surface area contributed by atoms with Crippen LogP contribution < -0.4 is 15.4 Å². The third-order valence-corrected chi connectivity index (χ3v) is 2.86. The Morgan fingerprint density at radius 2 is 2.21 bits per heavy atom. The Morgan fingerprint density at radius 3 is 2.89 bits per heavy atom. The molecule has 0 radical (unpaired) electrons. The van der Waals surface area contributed by atoms with Crippen LogP contribution in [-0.2, 0) is 4.79 Å². The van der Waals surface area contributed by atoms with Gasteiger partial charge in [0.05, 0.1) is 6.10 Å². The lowest BCUT2D eigenvalue weighted by molar-refractivity contribution is -0.116. The smallest absolute Gasteiger partial charge is 0.224 e. The van der Waals surface area contributed by atoms with E-state index in [1.54, 1.807) is 0 Å². The number of ether oxygens (including phenoxy) is 1. The van der Waals surface area contributed by atoms with Gasteiger partial charge in [-0.1, -0.05) is 13.0 Å². The largest absolute Gasteiger partial charge is 0.491 e. The molecule has 0 saturated heterocycles. The molecule has 1 unspecified atom stereocenters. The third kappa shape index (κ3) is 6.25. The molecule has 0 aliphatic rings. The first-order chi connectivity index (χ1) is 9.15. The summed E-state index contributed by atoms with van der Waals surface area (Å²) in [5.41, 5.74) is 0.787. The summed E-state index contributed by atoms with van der Waals surface area (Å²) in [4.78, 5) is 11.7. The molecule has 106 valence electrons. The van der Waals surface area contributed by atoms with E-state index in [4.69, 9.17) is 4.74 Å². The summed E-state index contributed by atoms with van der Waals surface area (Å²) in [7, 11) is 1.88. The Kier molecular flexibility index (Phi) is 6.97. The van der Waals surface area contributed by atoms with E-state index in [0.717, 1.165) is 30.8 Å². The minimum atomic E-state index is 0.0379. The van der Waals surface area contributed by atoms with Gasteiger partial charge in [0.15, 0.2) is 0 Å². The molecule has 0 aliphatic carbocycles. The van der Waals surface area contributed by atoms with Crippen LogP contribution in [0.2, 0.25) is 0 Å². The van der Waals surface area contributed by atoms with Crippen molar-refractivity contribution < 1.29 is 9.53 Å². The first kappa shape index (κ1) is 15.5. The SMILES string of the molecule is CCC(C)Oc1cccc(NC(=O)CCCNC)c1. The zero-order valence-corrected chi connectivity index (χ0v) is 12.0. The Bertz CT molecular complexity index is 393. The van der Waals surface area contributed by atoms with Gasteiger partial charge in [-0.2, -0.15) is 0 Å². The summed E-state index contributed by atoms with van der Waals surface area (Å²) >= 11 is 0. The van der Waals surface area contributed by atoms with Crippen molar-refractivity contribution in [2.75, 3.05) is 18.9 Å². The Morgan fingerprint density at radius 1 is 1.42 bits per heavy atom. The topological polar surface area (TPSA) is 50.4 Å². The van der Waals surface area contributed by atoms with Crippen LogP contribution in [0.5, 0.6) is 5.75 Å². The van der Waals surface area contributed by atoms with E-state index in [-0.39, 0.29) is 12.0 Å². The Balaban J connectivity index is 2.49. The molecule has 0 saturated carbocycles. The van der Waals surface area contributed by atoms with Gasteiger partial charge in [-0.05, 0) is 45.5 Å². The lowest BCUT2D eigenvalue weighted by Gasteiger charge is -2.13. The molecule has 0 spiro atoms. The van der Waals surface area contributed by atoms with Crippen LogP contribution in [0, 0.1) is 0 Å². The van der Waals surface area contributed by atoms with Gasteiger partial charge >= 0.3 is 0 Å². The van der Waals surface area contributed by atoms with Gasteiger partial charge < -0.3 is 15.4 Å². The van der Waals surface area contributed by atoms with E-state index >= 15 is 0 Å². The van der Waals surface area contributed by atoms with Gasteiger partial charge in [-0.25, -0.2) is 0 Å². The van der Waals surface area contributed by atoms with E-state index in [9.17, 15) is 4.79 Å². The number of nitrogens with one attached hydrogen (secondary N) is 2. The molecule has 1 amide bonds. The summed E-state index contributed by atoms with van der Waals surface area (Å²) in [6.07, 6.45) is 2.50. The maximum atomic E-state index is 11.7. The average molecular weight is 264 g/mol. The summed E-state index contributed by atoms with van der Waals surface area (Å²) in [6.45, 7) is 4.96. The highest BCUT2D eigenvalue weighted by Crippen LogP contribution is 2.19. The molecule has 0 aromatic heterocycles. The van der Waals surface area contributed by atoms with Gasteiger partial charge in [0.2, 0.25) is 5.91 Å². The maximum Gasteiger partial charge on any atom is 0.224 e. The van der Waals surface area contributed by atoms with Crippen molar-refractivity contribution in [2.24, 2.45) is 0 Å². The standard InChI is InChI=1S/C15H24N2O2/c1-4-12(2)19-14-8-5-7-13(11-14)17-15(18)9-6-10-16-3/h5,7-8,11-12,16H,4,6,9-10H2,1-3H3,(H,17,18). The fourth-order valence-corrected chi connectivity index (χ4v) is 1.61. The number of hydrogen-bond acceptors (Lipinski definition) is 3. The highest BCUT2D eigenvalue weighted by atomic mass is 16.5. The minimum Gasteiger partial charge on any atom is -0.491 e. The second kappa shape index (κ2) is 8.53. The summed E-state index contributed by atoms with van der Waals surface area (Å²) in [5, 5.41) is 5.91. The quantitative estimate of drug-likeness (QED) is 0.710. The summed E-state index contributed by atoms with van der Waals surface area (Å²) in [6, 6.07) is 7.53. The van der Waals surface area contributed by atoms with Crippen molar-refractivity contribution in [1.82, 2.24) is 5.32 Å². The second-order valence-corrected chi connectivity index (χ2v) is 4.62. The van der Waals surface area contributed by atoms with Gasteiger partial charge in [0.1, 0.15) is 5.75 Å². The molecule has 0 bridgehead atoms. The number of hydrogen-bond donors (Lipinski definition) is 2. The minimum absolute atomic E-state index is 0.0379. The number of carbonyl (C=O) groups excluding carboxylic acids is 1. The Labute approximate surface area is 115 Å². The molecule has 4 nitrogen and oxygen atoms in total. The molecular formula is C15H24N2O2. The van der Waals surface area contributed by atoms with Gasteiger partial charge in [-0.15, -0.1) is 0 Å². The van der Waals surface area contributed by atoms with Crippen molar-refractivity contribution in [3.8, 4) is 5.75 Å². The normalized spacial score (nSPS) is 11.9. The van der Waals surface area contributed by atoms with Gasteiger partial charge in [0, 0.05) is 18.2 Å². The third-order valence-electron chi connectivity index (χ3n) is 2.86. The van der Waals surface area contributed by atoms with Crippen molar-refractivity contribution in [3.05, 3.63) is 24.3 Å². The van der Waals surface area contributed by atoms with Crippen LogP contribution in [-0.4, -0.2) is 25.6 Å². The van der Waals surface area contributed by atoms with E-state index < -0.39 is 0 Å². The van der Waals surface area contributed by atoms with E-state index in [2.05, 4.69) is 17.6 Å². The number of amides is 1. The Hall–Kier alpha value is -1.55. The highest BCUT2D eigenvalue weighted by Gasteiger charge is 2.05. The molecule has 2 N–H and O–H groups in total. The van der Waals surface area contributed by atoms with E-state index in [1.807, 2.05) is 38.2 Å². The zero-order valence-electron chi connectivity index (χ0n) is 12.0. The zero-order chi connectivity index (χ0) is 14.1. The maximum absolute atomic E-state index is 11.7. The fourth-order valence-electron chi connectivity index (χ4n) is 1.61. The monoisotopic (exact) mass is 264 g/mol. The van der Waals surface area contributed by atoms with Crippen LogP contribution in [0.25, 0.3) is 0 Å². The van der Waals surface area contributed by atoms with E-state index in [0.29, 0.717) is 6.42 Å². The lowest BCUT2D eigenvalue weighted by atomic mass is 10.2. The molecule has 0 fully saturated rings. The molecule has 1 aromatic rings. The predicted octanol–water partition coefficient (Wildman–Crippen LogP) is 2.80. The molecule has 1 atom stereocenters. The van der Waals surface area contributed by atoms with Crippen LogP contribution in [0.4, 0.5) is 5.69 Å². The summed E-state index contributed by atoms with van der Waals surface area (Å²) in [5.74, 6) is 0.832. The number of carbonyl (C=O) groups is 1. The van der Waals surface area contributed by atoms with E-state index in [1.165, 1.54) is 0 Å². The molecular weight excluding hydrogens is 240 g/mol. The van der Waals surface area contributed by atoms with Crippen LogP contribution in [0.15, 0.2) is 24.3 Å². The lowest BCUT2D eigenvalue weighted by Crippen LogP contribution is -2.15. The van der Waals surface area contributed by atoms with Crippen molar-refractivity contribution in [2.45, 2.75) is 39.2 Å². The van der Waals surface area contributed by atoms with Crippen LogP contribution in [0.1, 0.15) is 33.1 Å². The predicted molar refractivity (Wildman–Crippen MR) is 78.6 cm³/mol. The molecule has 1 rings (SSSR count). The first-order valence-electron chi connectivity index (χ1n) is 6.87. The second-order valence-electron chi connectivity index (χ2n) is 4.62. The molecule has 19 heavy (non-hydrogen) atoms. The van der Waals surface area contributed by atoms with Crippen molar-refractivity contribution >= 4 is 11.6 Å². The van der Waals surface area contributed by atoms with Gasteiger partial charge in [-0.3, -0.25) is 4.79 Å². The molecule has 0 heterocycles. The van der Waals surface area contributed by atoms with Crippen molar-refractivity contribution in [3.63, 3.8) is 0 Å². The number of anilines is 1. The molecule has 0 aliphatic heterocycles. The van der Waals surface area contributed by atoms with Crippen molar-refractivity contribution in [1.29, 1.82) is 0 Å². The number of benzene rings is 1. The fraction of sp³-hybridized carbons (Fsp3) is 0.533. The first-order valence-corrected chi connectivity index (χ1v) is 6.87. The molecule has 1 aromatic carbocycles. The summed E-state index contributed by atoms with van der Waals surface area (Å²) < 4.78 is 5.72. The van der Waals surface area contributed by atoms with Crippen LogP contribution >= 0.6 is 0 Å². The number of rotatable bonds is 8. The average Bonchev–Trinajstić information content (AvgIpc) is 2.39. The van der Waals surface area contributed by atoms with Crippen LogP contribution in [0.3, 0.4) is 0 Å². The molecule has 4 heteroatoms.